The van der Waals surface area contributed by atoms with Gasteiger partial charge in [0.1, 0.15) is 0 Å². The van der Waals surface area contributed by atoms with Crippen molar-refractivity contribution in [2.75, 3.05) is 6.61 Å². The predicted octanol–water partition coefficient (Wildman–Crippen LogP) is 3.60. The molecule has 0 radical (unpaired) electrons. The van der Waals surface area contributed by atoms with Gasteiger partial charge in [-0.05, 0) is 6.42 Å². The van der Waals surface area contributed by atoms with Gasteiger partial charge in [-0.3, -0.25) is 0 Å². The lowest BCUT2D eigenvalue weighted by Gasteiger charge is -2.08. The summed E-state index contributed by atoms with van der Waals surface area (Å²) in [4.78, 5) is 2.43. The van der Waals surface area contributed by atoms with Gasteiger partial charge in [0, 0.05) is 0 Å². The minimum absolute atomic E-state index is 0.0106. The molecule has 0 aliphatic rings. The Labute approximate surface area is 96.6 Å². The van der Waals surface area contributed by atoms with Gasteiger partial charge in [0.05, 0.1) is 6.61 Å². The summed E-state index contributed by atoms with van der Waals surface area (Å²) < 4.78 is 56.2. The van der Waals surface area contributed by atoms with Gasteiger partial charge in [-0.2, -0.15) is 22.5 Å². The number of pyridine rings is 1. The molecule has 1 aromatic heterocycles. The van der Waals surface area contributed by atoms with Crippen LogP contribution in [0.25, 0.3) is 0 Å². The molecular formula is C11H13F4NO. The molecule has 0 fully saturated rings. The van der Waals surface area contributed by atoms with E-state index in [9.17, 15) is 17.6 Å². The molecule has 1 rings (SSSR count). The lowest BCUT2D eigenvalue weighted by molar-refractivity contribution is 0.257. The molecule has 0 spiro atoms. The zero-order valence-electron chi connectivity index (χ0n) is 9.40. The topological polar surface area (TPSA) is 22.1 Å². The second kappa shape index (κ2) is 6.42. The molecule has 17 heavy (non-hydrogen) atoms. The summed E-state index contributed by atoms with van der Waals surface area (Å²) in [5, 5.41) is 0. The van der Waals surface area contributed by atoms with Crippen LogP contribution >= 0.6 is 0 Å². The van der Waals surface area contributed by atoms with E-state index in [2.05, 4.69) is 4.98 Å². The molecule has 1 heterocycles. The highest BCUT2D eigenvalue weighted by Crippen LogP contribution is 2.24. The molecule has 0 N–H and O–H groups in total. The van der Waals surface area contributed by atoms with E-state index in [-0.39, 0.29) is 6.61 Å². The van der Waals surface area contributed by atoms with Gasteiger partial charge < -0.3 is 4.74 Å². The van der Waals surface area contributed by atoms with Crippen LogP contribution in [0, 0.1) is 23.5 Å². The van der Waals surface area contributed by atoms with Crippen LogP contribution in [0.15, 0.2) is 0 Å². The van der Waals surface area contributed by atoms with Gasteiger partial charge in [0.15, 0.2) is 5.75 Å². The SMILES string of the molecule is CCCCCCOc1c(F)c(F)nc(F)c1F. The largest absolute Gasteiger partial charge is 0.487 e. The van der Waals surface area contributed by atoms with Crippen molar-refractivity contribution >= 4 is 0 Å². The van der Waals surface area contributed by atoms with Crippen LogP contribution in [-0.4, -0.2) is 11.6 Å². The van der Waals surface area contributed by atoms with E-state index >= 15 is 0 Å². The van der Waals surface area contributed by atoms with Crippen LogP contribution in [0.5, 0.6) is 5.75 Å². The number of halogens is 4. The van der Waals surface area contributed by atoms with Gasteiger partial charge in [-0.15, -0.1) is 0 Å². The predicted molar refractivity (Wildman–Crippen MR) is 53.7 cm³/mol. The van der Waals surface area contributed by atoms with Crippen molar-refractivity contribution in [1.29, 1.82) is 0 Å². The van der Waals surface area contributed by atoms with Crippen LogP contribution in [-0.2, 0) is 0 Å². The Balaban J connectivity index is 2.64. The van der Waals surface area contributed by atoms with E-state index in [1.54, 1.807) is 0 Å². The number of aromatic nitrogens is 1. The molecule has 0 unspecified atom stereocenters. The number of hydrogen-bond donors (Lipinski definition) is 0. The van der Waals surface area contributed by atoms with Crippen molar-refractivity contribution < 1.29 is 22.3 Å². The highest BCUT2D eigenvalue weighted by Gasteiger charge is 2.21. The van der Waals surface area contributed by atoms with Crippen LogP contribution in [0.1, 0.15) is 32.6 Å². The number of nitrogens with zero attached hydrogens (tertiary/aromatic N) is 1. The van der Waals surface area contributed by atoms with E-state index in [0.717, 1.165) is 19.3 Å². The summed E-state index contributed by atoms with van der Waals surface area (Å²) in [7, 11) is 0. The molecule has 96 valence electrons. The van der Waals surface area contributed by atoms with E-state index in [1.165, 1.54) is 0 Å². The monoisotopic (exact) mass is 251 g/mol. The van der Waals surface area contributed by atoms with Crippen molar-refractivity contribution in [2.45, 2.75) is 32.6 Å². The third kappa shape index (κ3) is 3.57. The maximum absolute atomic E-state index is 13.0. The summed E-state index contributed by atoms with van der Waals surface area (Å²) in [5.41, 5.74) is 0. The highest BCUT2D eigenvalue weighted by molar-refractivity contribution is 5.24. The lowest BCUT2D eigenvalue weighted by Crippen LogP contribution is -2.07. The molecule has 0 saturated carbocycles. The first-order valence-electron chi connectivity index (χ1n) is 5.40. The maximum Gasteiger partial charge on any atom is 0.255 e. The molecule has 0 amide bonds. The van der Waals surface area contributed by atoms with Gasteiger partial charge in [0.25, 0.3) is 11.9 Å². The first-order valence-corrected chi connectivity index (χ1v) is 5.40. The Kier molecular flexibility index (Phi) is 5.18. The average Bonchev–Trinajstić information content (AvgIpc) is 2.30. The second-order valence-electron chi connectivity index (χ2n) is 3.56. The van der Waals surface area contributed by atoms with E-state index in [4.69, 9.17) is 4.74 Å². The number of ether oxygens (including phenoxy) is 1. The minimum Gasteiger partial charge on any atom is -0.487 e. The fourth-order valence-electron chi connectivity index (χ4n) is 1.30. The van der Waals surface area contributed by atoms with Crippen LogP contribution in [0.3, 0.4) is 0 Å². The van der Waals surface area contributed by atoms with Gasteiger partial charge in [0.2, 0.25) is 11.6 Å². The normalized spacial score (nSPS) is 10.6. The number of hydrogen-bond acceptors (Lipinski definition) is 2. The van der Waals surface area contributed by atoms with E-state index in [0.29, 0.717) is 6.42 Å². The Bertz CT molecular complexity index is 358. The Morgan fingerprint density at radius 1 is 0.941 bits per heavy atom. The first-order chi connectivity index (χ1) is 8.07. The summed E-state index contributed by atoms with van der Waals surface area (Å²) in [6.07, 6.45) is 3.36. The number of rotatable bonds is 6. The van der Waals surface area contributed by atoms with Crippen LogP contribution in [0.2, 0.25) is 0 Å². The molecule has 0 aliphatic carbocycles. The molecule has 1 aromatic rings. The van der Waals surface area contributed by atoms with Crippen molar-refractivity contribution in [3.05, 3.63) is 23.5 Å². The molecule has 0 saturated heterocycles. The van der Waals surface area contributed by atoms with Gasteiger partial charge >= 0.3 is 0 Å². The van der Waals surface area contributed by atoms with Crippen LogP contribution in [0.4, 0.5) is 17.6 Å². The molecule has 0 atom stereocenters. The fourth-order valence-corrected chi connectivity index (χ4v) is 1.30. The second-order valence-corrected chi connectivity index (χ2v) is 3.56. The van der Waals surface area contributed by atoms with Crippen molar-refractivity contribution in [3.8, 4) is 5.75 Å². The molecule has 6 heteroatoms. The summed E-state index contributed by atoms with van der Waals surface area (Å²) in [5.74, 6) is -7.63. The Morgan fingerprint density at radius 3 is 2.06 bits per heavy atom. The Morgan fingerprint density at radius 2 is 1.53 bits per heavy atom. The zero-order chi connectivity index (χ0) is 12.8. The summed E-state index contributed by atoms with van der Waals surface area (Å²) in [6.45, 7) is 2.02. The molecule has 0 aliphatic heterocycles. The third-order valence-electron chi connectivity index (χ3n) is 2.20. The third-order valence-corrected chi connectivity index (χ3v) is 2.20. The van der Waals surface area contributed by atoms with Crippen LogP contribution < -0.4 is 4.74 Å². The minimum atomic E-state index is -1.70. The van der Waals surface area contributed by atoms with Gasteiger partial charge in [-0.25, -0.2) is 0 Å². The van der Waals surface area contributed by atoms with Crippen molar-refractivity contribution in [1.82, 2.24) is 4.98 Å². The maximum atomic E-state index is 13.0. The fraction of sp³-hybridized carbons (Fsp3) is 0.545. The van der Waals surface area contributed by atoms with Crippen molar-refractivity contribution in [3.63, 3.8) is 0 Å². The number of unbranched alkanes of at least 4 members (excludes halogenated alkanes) is 3. The average molecular weight is 251 g/mol. The summed E-state index contributed by atoms with van der Waals surface area (Å²) >= 11 is 0. The molecular weight excluding hydrogens is 238 g/mol. The smallest absolute Gasteiger partial charge is 0.255 e. The van der Waals surface area contributed by atoms with Crippen molar-refractivity contribution in [2.24, 2.45) is 0 Å². The van der Waals surface area contributed by atoms with E-state index < -0.39 is 29.3 Å². The Hall–Kier alpha value is -1.33. The summed E-state index contributed by atoms with van der Waals surface area (Å²) in [6, 6.07) is 0. The molecule has 0 aromatic carbocycles. The van der Waals surface area contributed by atoms with Gasteiger partial charge in [-0.1, -0.05) is 26.2 Å². The highest BCUT2D eigenvalue weighted by atomic mass is 19.2. The first kappa shape index (κ1) is 13.7. The molecule has 0 bridgehead atoms. The lowest BCUT2D eigenvalue weighted by atomic mass is 10.2. The zero-order valence-corrected chi connectivity index (χ0v) is 9.40. The molecule has 2 nitrogen and oxygen atoms in total. The quantitative estimate of drug-likeness (QED) is 0.438. The standard InChI is InChI=1S/C11H13F4NO/c1-2-3-4-5-6-17-9-7(12)10(14)16-11(15)8(9)13/h2-6H2,1H3. The van der Waals surface area contributed by atoms with E-state index in [1.807, 2.05) is 6.92 Å².